The van der Waals surface area contributed by atoms with E-state index in [-0.39, 0.29) is 18.3 Å². The molecule has 1 aromatic carbocycles. The molecule has 0 aromatic heterocycles. The van der Waals surface area contributed by atoms with Gasteiger partial charge in [0.15, 0.2) is 5.60 Å². The molecular weight excluding hydrogens is 302 g/mol. The van der Waals surface area contributed by atoms with Crippen LogP contribution in [0.4, 0.5) is 0 Å². The highest BCUT2D eigenvalue weighted by Gasteiger charge is 2.54. The van der Waals surface area contributed by atoms with Crippen molar-refractivity contribution in [3.8, 4) is 0 Å². The second-order valence-electron chi connectivity index (χ2n) is 6.54. The van der Waals surface area contributed by atoms with Crippen LogP contribution in [0, 0.1) is 23.7 Å². The molecule has 0 amide bonds. The minimum atomic E-state index is -1.57. The van der Waals surface area contributed by atoms with Gasteiger partial charge in [0, 0.05) is 5.92 Å². The van der Waals surface area contributed by atoms with E-state index in [9.17, 15) is 9.90 Å². The number of carbonyl (C=O) groups is 1. The summed E-state index contributed by atoms with van der Waals surface area (Å²) in [6.45, 7) is 6.16. The maximum atomic E-state index is 12.5. The molecule has 4 nitrogen and oxygen atoms in total. The van der Waals surface area contributed by atoms with Gasteiger partial charge in [-0.25, -0.2) is 4.79 Å². The van der Waals surface area contributed by atoms with Crippen LogP contribution >= 0.6 is 12.4 Å². The standard InChI is InChI=1S/C17H23NO3.ClH/c1-11(2)17(20,12-6-4-3-5-7-12)16(19)21-10-15-13-8-18-9-14(13)15;/h3-7,11,13-15,18,20H,8-10H2,1-2H3;1H/t13-,14+,15?,17?;. The zero-order valence-corrected chi connectivity index (χ0v) is 13.8. The Balaban J connectivity index is 0.00000176. The molecule has 2 aliphatic rings. The Bertz CT molecular complexity index is 512. The molecule has 0 bridgehead atoms. The number of hydrogen-bond donors (Lipinski definition) is 2. The number of halogens is 1. The molecule has 22 heavy (non-hydrogen) atoms. The third-order valence-corrected chi connectivity index (χ3v) is 5.04. The maximum Gasteiger partial charge on any atom is 0.343 e. The minimum Gasteiger partial charge on any atom is -0.463 e. The topological polar surface area (TPSA) is 58.6 Å². The number of piperidine rings is 1. The number of ether oxygens (including phenoxy) is 1. The van der Waals surface area contributed by atoms with Crippen molar-refractivity contribution in [1.82, 2.24) is 5.32 Å². The van der Waals surface area contributed by atoms with Crippen LogP contribution in [0.25, 0.3) is 0 Å². The van der Waals surface area contributed by atoms with Gasteiger partial charge in [0.05, 0.1) is 6.61 Å². The zero-order valence-electron chi connectivity index (χ0n) is 13.0. The van der Waals surface area contributed by atoms with E-state index in [1.54, 1.807) is 12.1 Å². The normalized spacial score (nSPS) is 28.5. The Kier molecular flexibility index (Phi) is 5.15. The largest absolute Gasteiger partial charge is 0.463 e. The Morgan fingerprint density at radius 2 is 1.91 bits per heavy atom. The van der Waals surface area contributed by atoms with E-state index >= 15 is 0 Å². The first kappa shape index (κ1) is 17.3. The first-order valence-electron chi connectivity index (χ1n) is 7.71. The number of rotatable bonds is 5. The van der Waals surface area contributed by atoms with E-state index in [2.05, 4.69) is 5.32 Å². The third-order valence-electron chi connectivity index (χ3n) is 5.04. The number of hydrogen-bond acceptors (Lipinski definition) is 4. The molecule has 0 radical (unpaired) electrons. The van der Waals surface area contributed by atoms with Crippen LogP contribution in [0.3, 0.4) is 0 Å². The number of benzene rings is 1. The maximum absolute atomic E-state index is 12.5. The van der Waals surface area contributed by atoms with Crippen LogP contribution in [0.2, 0.25) is 0 Å². The van der Waals surface area contributed by atoms with Crippen molar-refractivity contribution >= 4 is 18.4 Å². The lowest BCUT2D eigenvalue weighted by atomic mass is 9.83. The number of nitrogens with one attached hydrogen (secondary N) is 1. The molecule has 2 unspecified atom stereocenters. The Hall–Kier alpha value is -1.10. The fourth-order valence-corrected chi connectivity index (χ4v) is 3.45. The van der Waals surface area contributed by atoms with Gasteiger partial charge in [-0.15, -0.1) is 12.4 Å². The first-order chi connectivity index (χ1) is 10.0. The van der Waals surface area contributed by atoms with Crippen molar-refractivity contribution in [2.24, 2.45) is 23.7 Å². The molecule has 1 saturated heterocycles. The first-order valence-corrected chi connectivity index (χ1v) is 7.71. The average molecular weight is 326 g/mol. The van der Waals surface area contributed by atoms with Gasteiger partial charge in [-0.05, 0) is 36.4 Å². The van der Waals surface area contributed by atoms with Gasteiger partial charge in [-0.1, -0.05) is 44.2 Å². The molecule has 5 heteroatoms. The predicted molar refractivity (Wildman–Crippen MR) is 86.7 cm³/mol. The van der Waals surface area contributed by atoms with Crippen LogP contribution < -0.4 is 5.32 Å². The predicted octanol–water partition coefficient (Wildman–Crippen LogP) is 1.96. The summed E-state index contributed by atoms with van der Waals surface area (Å²) in [4.78, 5) is 12.5. The molecule has 1 aromatic rings. The summed E-state index contributed by atoms with van der Waals surface area (Å²) >= 11 is 0. The van der Waals surface area contributed by atoms with Gasteiger partial charge < -0.3 is 15.2 Å². The quantitative estimate of drug-likeness (QED) is 0.813. The third kappa shape index (κ3) is 2.87. The number of aliphatic hydroxyl groups is 1. The zero-order chi connectivity index (χ0) is 15.0. The van der Waals surface area contributed by atoms with Crippen molar-refractivity contribution in [2.45, 2.75) is 19.4 Å². The minimum absolute atomic E-state index is 0. The van der Waals surface area contributed by atoms with Gasteiger partial charge in [0.1, 0.15) is 0 Å². The molecule has 2 fully saturated rings. The molecule has 1 aliphatic carbocycles. The van der Waals surface area contributed by atoms with Gasteiger partial charge >= 0.3 is 5.97 Å². The molecule has 3 rings (SSSR count). The molecule has 4 atom stereocenters. The van der Waals surface area contributed by atoms with Crippen molar-refractivity contribution in [3.05, 3.63) is 35.9 Å². The SMILES string of the molecule is CC(C)C(O)(C(=O)OCC1[C@H]2CNC[C@@H]12)c1ccccc1.Cl. The van der Waals surface area contributed by atoms with Crippen LogP contribution in [-0.2, 0) is 15.1 Å². The van der Waals surface area contributed by atoms with E-state index in [4.69, 9.17) is 4.74 Å². The smallest absolute Gasteiger partial charge is 0.343 e. The fourth-order valence-electron chi connectivity index (χ4n) is 3.45. The summed E-state index contributed by atoms with van der Waals surface area (Å²) in [5.41, 5.74) is -0.966. The number of carbonyl (C=O) groups excluding carboxylic acids is 1. The van der Waals surface area contributed by atoms with E-state index in [0.717, 1.165) is 13.1 Å². The van der Waals surface area contributed by atoms with E-state index < -0.39 is 11.6 Å². The Morgan fingerprint density at radius 3 is 2.45 bits per heavy atom. The van der Waals surface area contributed by atoms with Gasteiger partial charge in [0.2, 0.25) is 0 Å². The highest BCUT2D eigenvalue weighted by atomic mass is 35.5. The Labute approximate surface area is 137 Å². The van der Waals surface area contributed by atoms with Crippen molar-refractivity contribution in [3.63, 3.8) is 0 Å². The van der Waals surface area contributed by atoms with Crippen molar-refractivity contribution < 1.29 is 14.6 Å². The highest BCUT2D eigenvalue weighted by Crippen LogP contribution is 2.48. The van der Waals surface area contributed by atoms with Crippen LogP contribution in [0.5, 0.6) is 0 Å². The summed E-state index contributed by atoms with van der Waals surface area (Å²) in [6.07, 6.45) is 0. The summed E-state index contributed by atoms with van der Waals surface area (Å²) in [6, 6.07) is 9.07. The van der Waals surface area contributed by atoms with E-state index in [0.29, 0.717) is 29.9 Å². The molecule has 1 saturated carbocycles. The lowest BCUT2D eigenvalue weighted by Crippen LogP contribution is -2.42. The van der Waals surface area contributed by atoms with Crippen LogP contribution in [0.15, 0.2) is 30.3 Å². The monoisotopic (exact) mass is 325 g/mol. The summed E-state index contributed by atoms with van der Waals surface area (Å²) in [7, 11) is 0. The molecule has 0 spiro atoms. The summed E-state index contributed by atoms with van der Waals surface area (Å²) in [5, 5.41) is 14.2. The molecule has 1 aliphatic heterocycles. The van der Waals surface area contributed by atoms with Gasteiger partial charge in [-0.3, -0.25) is 0 Å². The number of esters is 1. The fraction of sp³-hybridized carbons (Fsp3) is 0.588. The van der Waals surface area contributed by atoms with E-state index in [1.807, 2.05) is 32.0 Å². The molecule has 122 valence electrons. The number of fused-ring (bicyclic) bond motifs is 1. The van der Waals surface area contributed by atoms with Gasteiger partial charge in [0.25, 0.3) is 0 Å². The second kappa shape index (κ2) is 6.57. The lowest BCUT2D eigenvalue weighted by molar-refractivity contribution is -0.173. The van der Waals surface area contributed by atoms with Crippen molar-refractivity contribution in [1.29, 1.82) is 0 Å². The summed E-state index contributed by atoms with van der Waals surface area (Å²) in [5.74, 6) is 1.01. The van der Waals surface area contributed by atoms with Crippen LogP contribution in [0.1, 0.15) is 19.4 Å². The van der Waals surface area contributed by atoms with E-state index in [1.165, 1.54) is 0 Å². The van der Waals surface area contributed by atoms with Crippen molar-refractivity contribution in [2.75, 3.05) is 19.7 Å². The van der Waals surface area contributed by atoms with Gasteiger partial charge in [-0.2, -0.15) is 0 Å². The summed E-state index contributed by atoms with van der Waals surface area (Å²) < 4.78 is 5.47. The highest BCUT2D eigenvalue weighted by molar-refractivity contribution is 5.85. The average Bonchev–Trinajstić information content (AvgIpc) is 2.93. The lowest BCUT2D eigenvalue weighted by Gasteiger charge is -2.30. The van der Waals surface area contributed by atoms with Crippen LogP contribution in [-0.4, -0.2) is 30.8 Å². The molecule has 2 N–H and O–H groups in total. The Morgan fingerprint density at radius 1 is 1.32 bits per heavy atom. The molecular formula is C17H24ClNO3. The second-order valence-corrected chi connectivity index (χ2v) is 6.54. The molecule has 1 heterocycles.